The minimum atomic E-state index is -0.108. The summed E-state index contributed by atoms with van der Waals surface area (Å²) in [7, 11) is 1.59. The third-order valence-corrected chi connectivity index (χ3v) is 2.70. The van der Waals surface area contributed by atoms with Crippen LogP contribution in [0.15, 0.2) is 34.9 Å². The number of aryl methyl sites for hydroxylation is 1. The van der Waals surface area contributed by atoms with Gasteiger partial charge >= 0.3 is 0 Å². The molecule has 1 aromatic carbocycles. The third kappa shape index (κ3) is 3.58. The molecule has 0 fully saturated rings. The Labute approximate surface area is 111 Å². The number of aromatic nitrogens is 1. The molecule has 0 saturated heterocycles. The van der Waals surface area contributed by atoms with Crippen LogP contribution in [-0.4, -0.2) is 24.7 Å². The lowest BCUT2D eigenvalue weighted by atomic mass is 10.2. The number of amides is 1. The molecule has 100 valence electrons. The van der Waals surface area contributed by atoms with E-state index in [1.807, 2.05) is 13.0 Å². The van der Waals surface area contributed by atoms with Gasteiger partial charge in [0.1, 0.15) is 11.5 Å². The highest BCUT2D eigenvalue weighted by Crippen LogP contribution is 2.11. The molecule has 1 amide bonds. The molecule has 5 heteroatoms. The Hall–Kier alpha value is -2.30. The van der Waals surface area contributed by atoms with Gasteiger partial charge in [0, 0.05) is 24.6 Å². The van der Waals surface area contributed by atoms with Crippen molar-refractivity contribution in [2.75, 3.05) is 13.7 Å². The number of carbonyl (C=O) groups excluding carboxylic acids is 1. The summed E-state index contributed by atoms with van der Waals surface area (Å²) in [6, 6.07) is 8.84. The minimum Gasteiger partial charge on any atom is -0.497 e. The van der Waals surface area contributed by atoms with Gasteiger partial charge in [-0.15, -0.1) is 0 Å². The lowest BCUT2D eigenvalue weighted by Crippen LogP contribution is -2.25. The van der Waals surface area contributed by atoms with Crippen LogP contribution in [0.4, 0.5) is 0 Å². The average Bonchev–Trinajstić information content (AvgIpc) is 2.84. The van der Waals surface area contributed by atoms with E-state index in [1.54, 1.807) is 31.4 Å². The number of nitrogens with one attached hydrogen (secondary N) is 1. The fraction of sp³-hybridized carbons (Fsp3) is 0.286. The van der Waals surface area contributed by atoms with Crippen LogP contribution in [0.5, 0.6) is 5.75 Å². The summed E-state index contributed by atoms with van der Waals surface area (Å²) in [6.45, 7) is 2.36. The molecule has 2 rings (SSSR count). The maximum absolute atomic E-state index is 11.8. The number of benzene rings is 1. The van der Waals surface area contributed by atoms with Gasteiger partial charge in [0.2, 0.25) is 0 Å². The summed E-state index contributed by atoms with van der Waals surface area (Å²) < 4.78 is 10.00. The van der Waals surface area contributed by atoms with Crippen LogP contribution < -0.4 is 10.1 Å². The molecule has 0 unspecified atom stereocenters. The zero-order valence-electron chi connectivity index (χ0n) is 11.0. The minimum absolute atomic E-state index is 0.108. The molecule has 0 radical (unpaired) electrons. The highest BCUT2D eigenvalue weighted by atomic mass is 16.5. The topological polar surface area (TPSA) is 64.4 Å². The molecule has 0 aliphatic heterocycles. The van der Waals surface area contributed by atoms with E-state index in [9.17, 15) is 4.79 Å². The summed E-state index contributed by atoms with van der Waals surface area (Å²) in [4.78, 5) is 11.8. The maximum Gasteiger partial charge on any atom is 0.251 e. The predicted octanol–water partition coefficient (Wildman–Crippen LogP) is 1.96. The highest BCUT2D eigenvalue weighted by Gasteiger charge is 2.06. The van der Waals surface area contributed by atoms with Crippen LogP contribution in [0.3, 0.4) is 0 Å². The monoisotopic (exact) mass is 260 g/mol. The van der Waals surface area contributed by atoms with Crippen LogP contribution in [0, 0.1) is 6.92 Å². The van der Waals surface area contributed by atoms with Crippen molar-refractivity contribution in [3.8, 4) is 5.75 Å². The number of rotatable bonds is 5. The molecule has 19 heavy (non-hydrogen) atoms. The van der Waals surface area contributed by atoms with E-state index in [0.29, 0.717) is 18.5 Å². The van der Waals surface area contributed by atoms with Crippen molar-refractivity contribution in [3.05, 3.63) is 47.3 Å². The Bertz CT molecular complexity index is 546. The maximum atomic E-state index is 11.8. The van der Waals surface area contributed by atoms with Crippen molar-refractivity contribution in [2.45, 2.75) is 13.3 Å². The van der Waals surface area contributed by atoms with Gasteiger partial charge in [0.05, 0.1) is 12.8 Å². The molecule has 1 N–H and O–H groups in total. The lowest BCUT2D eigenvalue weighted by molar-refractivity contribution is 0.0954. The summed E-state index contributed by atoms with van der Waals surface area (Å²) in [5, 5.41) is 6.70. The SMILES string of the molecule is COc1ccc(C(=O)NCCc2cc(C)on2)cc1. The molecule has 2 aromatic rings. The second-order valence-electron chi connectivity index (χ2n) is 4.16. The van der Waals surface area contributed by atoms with Gasteiger partial charge < -0.3 is 14.6 Å². The molecule has 1 aromatic heterocycles. The Kier molecular flexibility index (Phi) is 4.18. The number of nitrogens with zero attached hydrogens (tertiary/aromatic N) is 1. The van der Waals surface area contributed by atoms with Gasteiger partial charge in [0.25, 0.3) is 5.91 Å². The molecule has 1 heterocycles. The highest BCUT2D eigenvalue weighted by molar-refractivity contribution is 5.94. The Morgan fingerprint density at radius 1 is 1.37 bits per heavy atom. The molecule has 0 bridgehead atoms. The molecular weight excluding hydrogens is 244 g/mol. The van der Waals surface area contributed by atoms with Gasteiger partial charge in [-0.25, -0.2) is 0 Å². The molecule has 0 atom stereocenters. The van der Waals surface area contributed by atoms with Crippen molar-refractivity contribution in [2.24, 2.45) is 0 Å². The van der Waals surface area contributed by atoms with Crippen LogP contribution >= 0.6 is 0 Å². The number of hydrogen-bond acceptors (Lipinski definition) is 4. The second kappa shape index (κ2) is 6.04. The number of carbonyl (C=O) groups is 1. The van der Waals surface area contributed by atoms with Gasteiger partial charge in [0.15, 0.2) is 0 Å². The first kappa shape index (κ1) is 13.1. The van der Waals surface area contributed by atoms with Crippen molar-refractivity contribution in [1.82, 2.24) is 10.5 Å². The van der Waals surface area contributed by atoms with Crippen molar-refractivity contribution in [3.63, 3.8) is 0 Å². The van der Waals surface area contributed by atoms with Crippen molar-refractivity contribution >= 4 is 5.91 Å². The van der Waals surface area contributed by atoms with E-state index in [-0.39, 0.29) is 5.91 Å². The van der Waals surface area contributed by atoms with Crippen LogP contribution in [0.25, 0.3) is 0 Å². The van der Waals surface area contributed by atoms with Crippen molar-refractivity contribution < 1.29 is 14.1 Å². The summed E-state index contributed by atoms with van der Waals surface area (Å²) in [5.41, 5.74) is 1.45. The standard InChI is InChI=1S/C14H16N2O3/c1-10-9-12(16-19-10)7-8-15-14(17)11-3-5-13(18-2)6-4-11/h3-6,9H,7-8H2,1-2H3,(H,15,17). The van der Waals surface area contributed by atoms with Crippen LogP contribution in [0.2, 0.25) is 0 Å². The predicted molar refractivity (Wildman–Crippen MR) is 70.3 cm³/mol. The van der Waals surface area contributed by atoms with E-state index >= 15 is 0 Å². The smallest absolute Gasteiger partial charge is 0.251 e. The molecular formula is C14H16N2O3. The van der Waals surface area contributed by atoms with E-state index < -0.39 is 0 Å². The summed E-state index contributed by atoms with van der Waals surface area (Å²) >= 11 is 0. The number of methoxy groups -OCH3 is 1. The molecule has 5 nitrogen and oxygen atoms in total. The second-order valence-corrected chi connectivity index (χ2v) is 4.16. The van der Waals surface area contributed by atoms with Gasteiger partial charge in [-0.1, -0.05) is 5.16 Å². The summed E-state index contributed by atoms with van der Waals surface area (Å²) in [6.07, 6.45) is 0.652. The van der Waals surface area contributed by atoms with Crippen LogP contribution in [-0.2, 0) is 6.42 Å². The summed E-state index contributed by atoms with van der Waals surface area (Å²) in [5.74, 6) is 1.40. The Morgan fingerprint density at radius 3 is 2.68 bits per heavy atom. The van der Waals surface area contributed by atoms with Crippen molar-refractivity contribution in [1.29, 1.82) is 0 Å². The largest absolute Gasteiger partial charge is 0.497 e. The average molecular weight is 260 g/mol. The van der Waals surface area contributed by atoms with Gasteiger partial charge in [-0.3, -0.25) is 4.79 Å². The molecule has 0 spiro atoms. The zero-order valence-corrected chi connectivity index (χ0v) is 11.0. The van der Waals surface area contributed by atoms with Gasteiger partial charge in [-0.2, -0.15) is 0 Å². The molecule has 0 aliphatic rings. The zero-order chi connectivity index (χ0) is 13.7. The van der Waals surface area contributed by atoms with E-state index in [1.165, 1.54) is 0 Å². The third-order valence-electron chi connectivity index (χ3n) is 2.70. The van der Waals surface area contributed by atoms with Crippen LogP contribution in [0.1, 0.15) is 21.8 Å². The fourth-order valence-electron chi connectivity index (χ4n) is 1.68. The van der Waals surface area contributed by atoms with E-state index in [4.69, 9.17) is 9.26 Å². The fourth-order valence-corrected chi connectivity index (χ4v) is 1.68. The normalized spacial score (nSPS) is 10.2. The number of ether oxygens (including phenoxy) is 1. The van der Waals surface area contributed by atoms with E-state index in [0.717, 1.165) is 17.2 Å². The molecule has 0 saturated carbocycles. The lowest BCUT2D eigenvalue weighted by Gasteiger charge is -2.04. The first-order valence-electron chi connectivity index (χ1n) is 6.03. The first-order valence-corrected chi connectivity index (χ1v) is 6.03. The van der Waals surface area contributed by atoms with E-state index in [2.05, 4.69) is 10.5 Å². The molecule has 0 aliphatic carbocycles. The Balaban J connectivity index is 1.83. The first-order chi connectivity index (χ1) is 9.19. The van der Waals surface area contributed by atoms with Gasteiger partial charge in [-0.05, 0) is 31.2 Å². The quantitative estimate of drug-likeness (QED) is 0.892. The number of hydrogen-bond donors (Lipinski definition) is 1. The Morgan fingerprint density at radius 2 is 2.11 bits per heavy atom.